The Balaban J connectivity index is 1.35. The van der Waals surface area contributed by atoms with Crippen LogP contribution in [0.3, 0.4) is 0 Å². The van der Waals surface area contributed by atoms with Crippen molar-refractivity contribution >= 4 is 28.7 Å². The largest absolute Gasteiger partial charge is 0.379 e. The number of nitrogens with zero attached hydrogens (tertiary/aromatic N) is 6. The quantitative estimate of drug-likeness (QED) is 0.544. The maximum atomic E-state index is 13.3. The van der Waals surface area contributed by atoms with Gasteiger partial charge in [-0.2, -0.15) is 15.1 Å². The fraction of sp³-hybridized carbons (Fsp3) is 0.478. The van der Waals surface area contributed by atoms with E-state index in [-0.39, 0.29) is 17.5 Å². The van der Waals surface area contributed by atoms with Crippen LogP contribution in [-0.4, -0.2) is 88.6 Å². The molecule has 3 aliphatic rings. The van der Waals surface area contributed by atoms with Crippen molar-refractivity contribution in [1.82, 2.24) is 30.0 Å². The third-order valence-electron chi connectivity index (χ3n) is 6.81. The summed E-state index contributed by atoms with van der Waals surface area (Å²) in [5.74, 6) is 1.11. The van der Waals surface area contributed by atoms with Crippen LogP contribution in [0, 0.1) is 0 Å². The third-order valence-corrected chi connectivity index (χ3v) is 6.81. The Morgan fingerprint density at radius 2 is 2.00 bits per heavy atom. The van der Waals surface area contributed by atoms with Gasteiger partial charge in [0.1, 0.15) is 5.82 Å². The molecule has 2 aromatic heterocycles. The fourth-order valence-corrected chi connectivity index (χ4v) is 4.87. The molecule has 0 unspecified atom stereocenters. The molecule has 3 saturated heterocycles. The molecule has 0 bridgehead atoms. The number of hydrogen-bond acceptors (Lipinski definition) is 8. The van der Waals surface area contributed by atoms with E-state index in [2.05, 4.69) is 30.5 Å². The van der Waals surface area contributed by atoms with Crippen LogP contribution in [0.4, 0.5) is 20.5 Å². The smallest absolute Gasteiger partial charge is 0.263 e. The minimum Gasteiger partial charge on any atom is -0.379 e. The van der Waals surface area contributed by atoms with Crippen LogP contribution < -0.4 is 15.5 Å². The summed E-state index contributed by atoms with van der Waals surface area (Å²) in [6, 6.07) is 6.43. The van der Waals surface area contributed by atoms with E-state index >= 15 is 0 Å². The second-order valence-corrected chi connectivity index (χ2v) is 9.12. The lowest BCUT2D eigenvalue weighted by molar-refractivity contribution is -0.119. The number of fused-ring (bicyclic) bond motifs is 1. The lowest BCUT2D eigenvalue weighted by atomic mass is 10.1. The number of benzene rings is 1. The number of alkyl halides is 2. The molecule has 1 aromatic carbocycles. The Hall–Kier alpha value is -3.38. The van der Waals surface area contributed by atoms with E-state index in [1.54, 1.807) is 23.0 Å². The molecule has 12 heteroatoms. The molecular formula is C23H26F2N8O2. The lowest BCUT2D eigenvalue weighted by Crippen LogP contribution is -2.61. The van der Waals surface area contributed by atoms with Crippen LogP contribution in [0.5, 0.6) is 0 Å². The van der Waals surface area contributed by atoms with Crippen LogP contribution in [0.1, 0.15) is 18.4 Å². The minimum absolute atomic E-state index is 0.0197. The normalized spacial score (nSPS) is 21.5. The molecule has 184 valence electrons. The second-order valence-electron chi connectivity index (χ2n) is 9.12. The molecule has 3 aromatic rings. The first kappa shape index (κ1) is 22.1. The highest BCUT2D eigenvalue weighted by molar-refractivity contribution is 5.89. The van der Waals surface area contributed by atoms with Gasteiger partial charge >= 0.3 is 0 Å². The fourth-order valence-electron chi connectivity index (χ4n) is 4.87. The zero-order chi connectivity index (χ0) is 23.9. The molecule has 1 amide bonds. The number of rotatable bonds is 6. The first-order valence-corrected chi connectivity index (χ1v) is 11.8. The molecule has 5 heterocycles. The van der Waals surface area contributed by atoms with Gasteiger partial charge in [-0.25, -0.2) is 13.5 Å². The van der Waals surface area contributed by atoms with E-state index in [4.69, 9.17) is 9.72 Å². The van der Waals surface area contributed by atoms with Gasteiger partial charge in [0.2, 0.25) is 11.9 Å². The van der Waals surface area contributed by atoms with Crippen molar-refractivity contribution in [2.45, 2.75) is 24.9 Å². The van der Waals surface area contributed by atoms with E-state index in [0.717, 1.165) is 50.6 Å². The molecule has 3 aliphatic heterocycles. The van der Waals surface area contributed by atoms with Crippen LogP contribution in [0.25, 0.3) is 16.7 Å². The number of morpholine rings is 1. The number of anilines is 2. The molecule has 35 heavy (non-hydrogen) atoms. The number of ether oxygens (including phenoxy) is 1. The molecule has 0 spiro atoms. The van der Waals surface area contributed by atoms with Crippen LogP contribution >= 0.6 is 0 Å². The number of carbonyl (C=O) groups excluding carboxylic acids is 1. The highest BCUT2D eigenvalue weighted by Crippen LogP contribution is 2.32. The van der Waals surface area contributed by atoms with Gasteiger partial charge < -0.3 is 20.3 Å². The van der Waals surface area contributed by atoms with Gasteiger partial charge in [-0.3, -0.25) is 9.69 Å². The van der Waals surface area contributed by atoms with E-state index in [0.29, 0.717) is 36.3 Å². The van der Waals surface area contributed by atoms with E-state index in [9.17, 15) is 13.6 Å². The maximum absolute atomic E-state index is 13.3. The Bertz CT molecular complexity index is 1240. The third kappa shape index (κ3) is 4.27. The maximum Gasteiger partial charge on any atom is 0.263 e. The first-order valence-electron chi connectivity index (χ1n) is 11.8. The second kappa shape index (κ2) is 9.00. The number of amides is 1. The summed E-state index contributed by atoms with van der Waals surface area (Å²) in [6.45, 7) is 5.48. The number of halogens is 2. The summed E-state index contributed by atoms with van der Waals surface area (Å²) in [4.78, 5) is 25.8. The molecule has 10 nitrogen and oxygen atoms in total. The zero-order valence-corrected chi connectivity index (χ0v) is 19.0. The van der Waals surface area contributed by atoms with Crippen LogP contribution in [0.15, 0.2) is 30.5 Å². The summed E-state index contributed by atoms with van der Waals surface area (Å²) in [5, 5.41) is 11.3. The number of hydrogen-bond donors (Lipinski definition) is 2. The van der Waals surface area contributed by atoms with Crippen LogP contribution in [0.2, 0.25) is 0 Å². The SMILES string of the molecule is O=C1C[C@H](Nc2nc(N3CC(N4CCOCC4)C3)c3cnn(-c4cccc(C(F)F)c4)c3n2)CN1. The molecular weight excluding hydrogens is 458 g/mol. The molecule has 2 N–H and O–H groups in total. The number of aromatic nitrogens is 4. The van der Waals surface area contributed by atoms with Crippen molar-refractivity contribution in [2.75, 3.05) is 56.2 Å². The monoisotopic (exact) mass is 484 g/mol. The summed E-state index contributed by atoms with van der Waals surface area (Å²) in [6.07, 6.45) is -0.550. The molecule has 1 atom stereocenters. The van der Waals surface area contributed by atoms with E-state index in [1.165, 1.54) is 12.1 Å². The van der Waals surface area contributed by atoms with Gasteiger partial charge in [-0.15, -0.1) is 0 Å². The zero-order valence-electron chi connectivity index (χ0n) is 19.0. The Morgan fingerprint density at radius 3 is 2.74 bits per heavy atom. The molecule has 0 radical (unpaired) electrons. The molecule has 0 saturated carbocycles. The van der Waals surface area contributed by atoms with E-state index < -0.39 is 6.43 Å². The van der Waals surface area contributed by atoms with Gasteiger partial charge in [0, 0.05) is 50.7 Å². The van der Waals surface area contributed by atoms with Gasteiger partial charge in [-0.1, -0.05) is 12.1 Å². The predicted octanol–water partition coefficient (Wildman–Crippen LogP) is 1.57. The highest BCUT2D eigenvalue weighted by Gasteiger charge is 2.35. The molecule has 6 rings (SSSR count). The predicted molar refractivity (Wildman–Crippen MR) is 125 cm³/mol. The van der Waals surface area contributed by atoms with Crippen molar-refractivity contribution in [3.63, 3.8) is 0 Å². The van der Waals surface area contributed by atoms with Crippen LogP contribution in [-0.2, 0) is 9.53 Å². The highest BCUT2D eigenvalue weighted by atomic mass is 19.3. The summed E-state index contributed by atoms with van der Waals surface area (Å²) in [5.41, 5.74) is 0.947. The van der Waals surface area contributed by atoms with Crippen molar-refractivity contribution < 1.29 is 18.3 Å². The average molecular weight is 485 g/mol. The van der Waals surface area contributed by atoms with E-state index in [1.807, 2.05) is 0 Å². The Morgan fingerprint density at radius 1 is 1.17 bits per heavy atom. The van der Waals surface area contributed by atoms with Gasteiger partial charge in [-0.05, 0) is 12.1 Å². The number of carbonyl (C=O) groups is 1. The lowest BCUT2D eigenvalue weighted by Gasteiger charge is -2.47. The van der Waals surface area contributed by atoms with Gasteiger partial charge in [0.25, 0.3) is 6.43 Å². The standard InChI is InChI=1S/C23H26F2N8O2/c24-20(25)14-2-1-3-16(8-14)33-22-18(11-27-33)21(29-23(30-22)28-15-9-19(34)26-10-15)32-12-17(13-32)31-4-6-35-7-5-31/h1-3,8,11,15,17,20H,4-7,9-10,12-13H2,(H,26,34)(H,28,29,30)/t15-/m0/s1. The molecule has 0 aliphatic carbocycles. The van der Waals surface area contributed by atoms with Gasteiger partial charge in [0.15, 0.2) is 5.65 Å². The first-order chi connectivity index (χ1) is 17.0. The topological polar surface area (TPSA) is 100 Å². The van der Waals surface area contributed by atoms with Gasteiger partial charge in [0.05, 0.1) is 36.5 Å². The van der Waals surface area contributed by atoms with Crippen molar-refractivity contribution in [1.29, 1.82) is 0 Å². The van der Waals surface area contributed by atoms with Crippen molar-refractivity contribution in [3.8, 4) is 5.69 Å². The van der Waals surface area contributed by atoms with Crippen molar-refractivity contribution in [3.05, 3.63) is 36.0 Å². The molecule has 3 fully saturated rings. The average Bonchev–Trinajstić information content (AvgIpc) is 3.45. The summed E-state index contributed by atoms with van der Waals surface area (Å²) >= 11 is 0. The summed E-state index contributed by atoms with van der Waals surface area (Å²) < 4.78 is 33.7. The Kier molecular flexibility index (Phi) is 5.69. The van der Waals surface area contributed by atoms with Crippen molar-refractivity contribution in [2.24, 2.45) is 0 Å². The number of nitrogens with one attached hydrogen (secondary N) is 2. The summed E-state index contributed by atoms with van der Waals surface area (Å²) in [7, 11) is 0. The minimum atomic E-state index is -2.58. The Labute approximate surface area is 200 Å².